The van der Waals surface area contributed by atoms with Crippen LogP contribution in [0.25, 0.3) is 0 Å². The third-order valence-corrected chi connectivity index (χ3v) is 3.23. The highest BCUT2D eigenvalue weighted by Crippen LogP contribution is 2.32. The van der Waals surface area contributed by atoms with Gasteiger partial charge in [0.15, 0.2) is 0 Å². The number of aromatic nitrogens is 1. The molecule has 1 heterocycles. The Morgan fingerprint density at radius 1 is 1.41 bits per heavy atom. The fraction of sp³-hybridized carbons (Fsp3) is 0.308. The molecule has 2 aromatic rings. The van der Waals surface area contributed by atoms with Gasteiger partial charge in [-0.25, -0.2) is 4.39 Å². The molecule has 1 unspecified atom stereocenters. The van der Waals surface area contributed by atoms with Gasteiger partial charge in [0.1, 0.15) is 11.6 Å². The standard InChI is InChI=1S/C13H13FN2O/c14-12-3-1-2-11-10(12)4-5-13(11)15-8-9-6-7-16-17-9/h1-3,6-7,13,15H,4-5,8H2. The smallest absolute Gasteiger partial charge is 0.150 e. The summed E-state index contributed by atoms with van der Waals surface area (Å²) in [6.07, 6.45) is 3.36. The van der Waals surface area contributed by atoms with E-state index in [0.29, 0.717) is 6.54 Å². The fourth-order valence-corrected chi connectivity index (χ4v) is 2.38. The molecule has 4 heteroatoms. The lowest BCUT2D eigenvalue weighted by Gasteiger charge is -2.12. The maximum absolute atomic E-state index is 13.5. The van der Waals surface area contributed by atoms with Crippen LogP contribution in [-0.4, -0.2) is 5.16 Å². The van der Waals surface area contributed by atoms with Crippen molar-refractivity contribution in [3.63, 3.8) is 0 Å². The van der Waals surface area contributed by atoms with Crippen molar-refractivity contribution in [1.29, 1.82) is 0 Å². The van der Waals surface area contributed by atoms with E-state index in [-0.39, 0.29) is 11.9 Å². The predicted molar refractivity (Wildman–Crippen MR) is 60.8 cm³/mol. The first-order valence-electron chi connectivity index (χ1n) is 5.75. The molecule has 0 fully saturated rings. The molecule has 88 valence electrons. The van der Waals surface area contributed by atoms with E-state index in [1.54, 1.807) is 12.3 Å². The van der Waals surface area contributed by atoms with Gasteiger partial charge in [-0.3, -0.25) is 0 Å². The molecule has 0 bridgehead atoms. The number of hydrogen-bond acceptors (Lipinski definition) is 3. The molecule has 1 aromatic carbocycles. The van der Waals surface area contributed by atoms with Gasteiger partial charge in [0.25, 0.3) is 0 Å². The Bertz CT molecular complexity index is 510. The van der Waals surface area contributed by atoms with Crippen LogP contribution in [0.15, 0.2) is 35.0 Å². The first-order valence-corrected chi connectivity index (χ1v) is 5.75. The maximum atomic E-state index is 13.5. The zero-order valence-electron chi connectivity index (χ0n) is 9.32. The summed E-state index contributed by atoms with van der Waals surface area (Å²) in [7, 11) is 0. The van der Waals surface area contributed by atoms with E-state index >= 15 is 0 Å². The number of hydrogen-bond donors (Lipinski definition) is 1. The van der Waals surface area contributed by atoms with E-state index in [1.807, 2.05) is 12.1 Å². The Hall–Kier alpha value is -1.68. The van der Waals surface area contributed by atoms with Crippen LogP contribution in [0, 0.1) is 5.82 Å². The van der Waals surface area contributed by atoms with E-state index in [4.69, 9.17) is 4.52 Å². The van der Waals surface area contributed by atoms with E-state index in [9.17, 15) is 4.39 Å². The number of benzene rings is 1. The average Bonchev–Trinajstić information content (AvgIpc) is 2.95. The number of fused-ring (bicyclic) bond motifs is 1. The van der Waals surface area contributed by atoms with E-state index in [1.165, 1.54) is 6.07 Å². The largest absolute Gasteiger partial charge is 0.360 e. The molecule has 1 atom stereocenters. The Morgan fingerprint density at radius 3 is 3.18 bits per heavy atom. The molecule has 1 N–H and O–H groups in total. The number of nitrogens with zero attached hydrogens (tertiary/aromatic N) is 1. The van der Waals surface area contributed by atoms with Crippen molar-refractivity contribution in [3.05, 3.63) is 53.2 Å². The van der Waals surface area contributed by atoms with Crippen LogP contribution in [-0.2, 0) is 13.0 Å². The minimum absolute atomic E-state index is 0.0912. The molecule has 17 heavy (non-hydrogen) atoms. The van der Waals surface area contributed by atoms with Crippen LogP contribution in [0.2, 0.25) is 0 Å². The zero-order valence-corrected chi connectivity index (χ0v) is 9.32. The quantitative estimate of drug-likeness (QED) is 0.883. The molecule has 0 aliphatic heterocycles. The molecule has 1 aliphatic rings. The summed E-state index contributed by atoms with van der Waals surface area (Å²) < 4.78 is 18.5. The van der Waals surface area contributed by atoms with Crippen LogP contribution < -0.4 is 5.32 Å². The van der Waals surface area contributed by atoms with Crippen molar-refractivity contribution in [3.8, 4) is 0 Å². The number of nitrogens with one attached hydrogen (secondary N) is 1. The van der Waals surface area contributed by atoms with Gasteiger partial charge in [-0.05, 0) is 30.0 Å². The van der Waals surface area contributed by atoms with Crippen molar-refractivity contribution < 1.29 is 8.91 Å². The van der Waals surface area contributed by atoms with Crippen LogP contribution in [0.5, 0.6) is 0 Å². The van der Waals surface area contributed by atoms with Gasteiger partial charge < -0.3 is 9.84 Å². The molecular weight excluding hydrogens is 219 g/mol. The minimum Gasteiger partial charge on any atom is -0.360 e. The van der Waals surface area contributed by atoms with E-state index < -0.39 is 0 Å². The van der Waals surface area contributed by atoms with Crippen molar-refractivity contribution in [2.75, 3.05) is 0 Å². The van der Waals surface area contributed by atoms with Gasteiger partial charge >= 0.3 is 0 Å². The molecule has 0 radical (unpaired) electrons. The Kier molecular flexibility index (Phi) is 2.65. The summed E-state index contributed by atoms with van der Waals surface area (Å²) in [5.41, 5.74) is 1.92. The highest BCUT2D eigenvalue weighted by Gasteiger charge is 2.24. The van der Waals surface area contributed by atoms with Gasteiger partial charge in [-0.2, -0.15) is 0 Å². The molecular formula is C13H13FN2O. The minimum atomic E-state index is -0.0912. The SMILES string of the molecule is Fc1cccc2c1CCC2NCc1ccno1. The molecule has 0 amide bonds. The van der Waals surface area contributed by atoms with Crippen molar-refractivity contribution in [2.45, 2.75) is 25.4 Å². The summed E-state index contributed by atoms with van der Waals surface area (Å²) in [6.45, 7) is 0.626. The lowest BCUT2D eigenvalue weighted by Crippen LogP contribution is -2.18. The predicted octanol–water partition coefficient (Wildman–Crippen LogP) is 2.59. The number of halogens is 1. The summed E-state index contributed by atoms with van der Waals surface area (Å²) >= 11 is 0. The molecule has 0 saturated carbocycles. The van der Waals surface area contributed by atoms with Crippen LogP contribution in [0.4, 0.5) is 4.39 Å². The van der Waals surface area contributed by atoms with Crippen LogP contribution >= 0.6 is 0 Å². The second kappa shape index (κ2) is 4.30. The van der Waals surface area contributed by atoms with E-state index in [0.717, 1.165) is 29.7 Å². The second-order valence-corrected chi connectivity index (χ2v) is 4.26. The van der Waals surface area contributed by atoms with Gasteiger partial charge in [-0.1, -0.05) is 17.3 Å². The summed E-state index contributed by atoms with van der Waals surface area (Å²) in [5.74, 6) is 0.710. The molecule has 1 aliphatic carbocycles. The van der Waals surface area contributed by atoms with Gasteiger partial charge in [0.2, 0.25) is 0 Å². The fourth-order valence-electron chi connectivity index (χ4n) is 2.38. The lowest BCUT2D eigenvalue weighted by atomic mass is 10.1. The van der Waals surface area contributed by atoms with Crippen LogP contribution in [0.3, 0.4) is 0 Å². The number of rotatable bonds is 3. The lowest BCUT2D eigenvalue weighted by molar-refractivity contribution is 0.363. The van der Waals surface area contributed by atoms with Gasteiger partial charge in [0, 0.05) is 12.1 Å². The first kappa shape index (κ1) is 10.5. The van der Waals surface area contributed by atoms with Gasteiger partial charge in [-0.15, -0.1) is 0 Å². The molecule has 0 spiro atoms. The summed E-state index contributed by atoms with van der Waals surface area (Å²) in [6, 6.07) is 7.32. The Labute approximate surface area is 98.6 Å². The Morgan fingerprint density at radius 2 is 2.35 bits per heavy atom. The molecule has 3 rings (SSSR count). The summed E-state index contributed by atoms with van der Waals surface area (Å²) in [4.78, 5) is 0. The zero-order chi connectivity index (χ0) is 11.7. The third-order valence-electron chi connectivity index (χ3n) is 3.23. The second-order valence-electron chi connectivity index (χ2n) is 4.26. The first-order chi connectivity index (χ1) is 8.34. The average molecular weight is 232 g/mol. The normalized spacial score (nSPS) is 18.3. The van der Waals surface area contributed by atoms with Crippen molar-refractivity contribution in [2.24, 2.45) is 0 Å². The molecule has 0 saturated heterocycles. The van der Waals surface area contributed by atoms with Crippen molar-refractivity contribution >= 4 is 0 Å². The third kappa shape index (κ3) is 1.96. The van der Waals surface area contributed by atoms with E-state index in [2.05, 4.69) is 10.5 Å². The van der Waals surface area contributed by atoms with Gasteiger partial charge in [0.05, 0.1) is 12.7 Å². The monoisotopic (exact) mass is 232 g/mol. The topological polar surface area (TPSA) is 38.1 Å². The highest BCUT2D eigenvalue weighted by atomic mass is 19.1. The maximum Gasteiger partial charge on any atom is 0.150 e. The molecule has 3 nitrogen and oxygen atoms in total. The van der Waals surface area contributed by atoms with Crippen LogP contribution in [0.1, 0.15) is 29.3 Å². The molecule has 1 aromatic heterocycles. The summed E-state index contributed by atoms with van der Waals surface area (Å²) in [5, 5.41) is 7.02. The highest BCUT2D eigenvalue weighted by molar-refractivity contribution is 5.35. The Balaban J connectivity index is 1.73. The van der Waals surface area contributed by atoms with Crippen molar-refractivity contribution in [1.82, 2.24) is 10.5 Å².